The van der Waals surface area contributed by atoms with E-state index in [-0.39, 0.29) is 11.4 Å². The number of hydrogen-bond donors (Lipinski definition) is 3. The molecule has 2 rings (SSSR count). The number of benzene rings is 1. The second-order valence-electron chi connectivity index (χ2n) is 4.15. The molecule has 0 saturated carbocycles. The van der Waals surface area contributed by atoms with Gasteiger partial charge in [-0.15, -0.1) is 0 Å². The molecule has 1 aromatic carbocycles. The van der Waals surface area contributed by atoms with Crippen molar-refractivity contribution in [2.75, 3.05) is 18.4 Å². The first kappa shape index (κ1) is 14.5. The Morgan fingerprint density at radius 2 is 2.00 bits per heavy atom. The molecule has 0 spiro atoms. The highest BCUT2D eigenvalue weighted by molar-refractivity contribution is 5.93. The fraction of sp³-hybridized carbons (Fsp3) is 0.133. The van der Waals surface area contributed by atoms with Crippen molar-refractivity contribution < 1.29 is 4.79 Å². The molecule has 0 bridgehead atoms. The first-order valence-corrected chi connectivity index (χ1v) is 6.38. The Kier molecular flexibility index (Phi) is 4.85. The lowest BCUT2D eigenvalue weighted by Crippen LogP contribution is -2.18. The van der Waals surface area contributed by atoms with E-state index in [1.807, 2.05) is 30.3 Å². The molecule has 106 valence electrons. The van der Waals surface area contributed by atoms with Crippen LogP contribution in [0.3, 0.4) is 0 Å². The SMILES string of the molecule is NCCNc1cnc(C(N)=O)c(C#Cc2ccccc2)n1. The summed E-state index contributed by atoms with van der Waals surface area (Å²) in [5.41, 5.74) is 11.8. The van der Waals surface area contributed by atoms with E-state index in [0.29, 0.717) is 18.9 Å². The Balaban J connectivity index is 2.35. The number of primary amides is 1. The normalized spacial score (nSPS) is 9.57. The molecule has 1 amide bonds. The molecule has 0 aliphatic heterocycles. The summed E-state index contributed by atoms with van der Waals surface area (Å²) in [5.74, 6) is 5.60. The Hall–Kier alpha value is -2.91. The van der Waals surface area contributed by atoms with Crippen LogP contribution in [0.1, 0.15) is 21.7 Å². The fourth-order valence-electron chi connectivity index (χ4n) is 1.59. The van der Waals surface area contributed by atoms with Gasteiger partial charge in [-0.05, 0) is 18.1 Å². The van der Waals surface area contributed by atoms with E-state index >= 15 is 0 Å². The topological polar surface area (TPSA) is 107 Å². The van der Waals surface area contributed by atoms with Crippen molar-refractivity contribution in [3.8, 4) is 11.8 Å². The summed E-state index contributed by atoms with van der Waals surface area (Å²) >= 11 is 0. The number of rotatable bonds is 4. The van der Waals surface area contributed by atoms with Gasteiger partial charge in [0.05, 0.1) is 6.20 Å². The molecule has 5 N–H and O–H groups in total. The van der Waals surface area contributed by atoms with E-state index < -0.39 is 5.91 Å². The average molecular weight is 281 g/mol. The van der Waals surface area contributed by atoms with Crippen molar-refractivity contribution in [2.45, 2.75) is 0 Å². The highest BCUT2D eigenvalue weighted by Crippen LogP contribution is 2.07. The molecule has 0 radical (unpaired) electrons. The minimum absolute atomic E-state index is 0.0525. The molecule has 0 unspecified atom stereocenters. The number of hydrogen-bond acceptors (Lipinski definition) is 5. The number of aromatic nitrogens is 2. The van der Waals surface area contributed by atoms with Crippen molar-refractivity contribution in [1.29, 1.82) is 0 Å². The molecule has 0 saturated heterocycles. The number of carbonyl (C=O) groups excluding carboxylic acids is 1. The van der Waals surface area contributed by atoms with Crippen molar-refractivity contribution in [2.24, 2.45) is 11.5 Å². The minimum atomic E-state index is -0.662. The van der Waals surface area contributed by atoms with Crippen LogP contribution in [0.5, 0.6) is 0 Å². The van der Waals surface area contributed by atoms with Crippen LogP contribution in [0.2, 0.25) is 0 Å². The van der Waals surface area contributed by atoms with Gasteiger partial charge in [0.1, 0.15) is 11.5 Å². The Labute approximate surface area is 122 Å². The quantitative estimate of drug-likeness (QED) is 0.701. The molecule has 2 aromatic rings. The van der Waals surface area contributed by atoms with E-state index in [1.165, 1.54) is 6.20 Å². The number of amides is 1. The average Bonchev–Trinajstić information content (AvgIpc) is 2.51. The lowest BCUT2D eigenvalue weighted by molar-refractivity contribution is 0.0995. The molecule has 0 aliphatic carbocycles. The third kappa shape index (κ3) is 4.03. The molecule has 21 heavy (non-hydrogen) atoms. The van der Waals surface area contributed by atoms with E-state index in [4.69, 9.17) is 11.5 Å². The van der Waals surface area contributed by atoms with Crippen molar-refractivity contribution >= 4 is 11.7 Å². The molecule has 1 aromatic heterocycles. The van der Waals surface area contributed by atoms with Gasteiger partial charge in [0.15, 0.2) is 5.69 Å². The van der Waals surface area contributed by atoms with Gasteiger partial charge in [-0.3, -0.25) is 4.79 Å². The van der Waals surface area contributed by atoms with Crippen LogP contribution < -0.4 is 16.8 Å². The van der Waals surface area contributed by atoms with E-state index in [0.717, 1.165) is 5.56 Å². The molecule has 0 atom stereocenters. The molecule has 6 heteroatoms. The van der Waals surface area contributed by atoms with E-state index in [2.05, 4.69) is 27.1 Å². The minimum Gasteiger partial charge on any atom is -0.367 e. The monoisotopic (exact) mass is 281 g/mol. The molecule has 0 aliphatic rings. The first-order chi connectivity index (χ1) is 10.2. The number of anilines is 1. The standard InChI is InChI=1S/C15H15N5O/c16-8-9-18-13-10-19-14(15(17)21)12(20-13)7-6-11-4-2-1-3-5-11/h1-5,10H,8-9,16H2,(H2,17,21)(H,18,20). The van der Waals surface area contributed by atoms with Crippen LogP contribution in [0.15, 0.2) is 36.5 Å². The summed E-state index contributed by atoms with van der Waals surface area (Å²) < 4.78 is 0. The first-order valence-electron chi connectivity index (χ1n) is 6.38. The Morgan fingerprint density at radius 1 is 1.24 bits per heavy atom. The van der Waals surface area contributed by atoms with Gasteiger partial charge >= 0.3 is 0 Å². The summed E-state index contributed by atoms with van der Waals surface area (Å²) in [7, 11) is 0. The lowest BCUT2D eigenvalue weighted by Gasteiger charge is -2.05. The zero-order valence-corrected chi connectivity index (χ0v) is 11.3. The maximum Gasteiger partial charge on any atom is 0.270 e. The maximum atomic E-state index is 11.4. The van der Waals surface area contributed by atoms with E-state index in [1.54, 1.807) is 0 Å². The lowest BCUT2D eigenvalue weighted by atomic mass is 10.2. The zero-order chi connectivity index (χ0) is 15.1. The van der Waals surface area contributed by atoms with Crippen LogP contribution in [0.4, 0.5) is 5.82 Å². The van der Waals surface area contributed by atoms with Gasteiger partial charge in [-0.1, -0.05) is 24.1 Å². The van der Waals surface area contributed by atoms with Crippen molar-refractivity contribution in [1.82, 2.24) is 9.97 Å². The molecule has 1 heterocycles. The molecular weight excluding hydrogens is 266 g/mol. The maximum absolute atomic E-state index is 11.4. The summed E-state index contributed by atoms with van der Waals surface area (Å²) in [4.78, 5) is 19.6. The highest BCUT2D eigenvalue weighted by Gasteiger charge is 2.10. The number of nitrogens with two attached hydrogens (primary N) is 2. The predicted molar refractivity (Wildman–Crippen MR) is 80.5 cm³/mol. The number of carbonyl (C=O) groups is 1. The third-order valence-corrected chi connectivity index (χ3v) is 2.56. The highest BCUT2D eigenvalue weighted by atomic mass is 16.1. The van der Waals surface area contributed by atoms with Gasteiger partial charge in [0, 0.05) is 18.7 Å². The largest absolute Gasteiger partial charge is 0.367 e. The van der Waals surface area contributed by atoms with Crippen molar-refractivity contribution in [3.05, 3.63) is 53.5 Å². The molecule has 6 nitrogen and oxygen atoms in total. The smallest absolute Gasteiger partial charge is 0.270 e. The van der Waals surface area contributed by atoms with Crippen LogP contribution in [0, 0.1) is 11.8 Å². The number of nitrogens with one attached hydrogen (secondary N) is 1. The Morgan fingerprint density at radius 3 is 2.67 bits per heavy atom. The van der Waals surface area contributed by atoms with Gasteiger partial charge in [-0.25, -0.2) is 9.97 Å². The summed E-state index contributed by atoms with van der Waals surface area (Å²) in [5, 5.41) is 2.98. The third-order valence-electron chi connectivity index (χ3n) is 2.56. The molecular formula is C15H15N5O. The fourth-order valence-corrected chi connectivity index (χ4v) is 1.59. The summed E-state index contributed by atoms with van der Waals surface area (Å²) in [6, 6.07) is 9.38. The van der Waals surface area contributed by atoms with Crippen LogP contribution in [0.25, 0.3) is 0 Å². The van der Waals surface area contributed by atoms with Gasteiger partial charge in [0.25, 0.3) is 5.91 Å². The predicted octanol–water partition coefficient (Wildman–Crippen LogP) is 0.346. The second kappa shape index (κ2) is 7.03. The number of nitrogens with zero attached hydrogens (tertiary/aromatic N) is 2. The van der Waals surface area contributed by atoms with Crippen LogP contribution >= 0.6 is 0 Å². The van der Waals surface area contributed by atoms with Gasteiger partial charge in [0.2, 0.25) is 0 Å². The molecule has 0 fully saturated rings. The Bertz CT molecular complexity index is 688. The zero-order valence-electron chi connectivity index (χ0n) is 11.3. The van der Waals surface area contributed by atoms with Crippen molar-refractivity contribution in [3.63, 3.8) is 0 Å². The second-order valence-corrected chi connectivity index (χ2v) is 4.15. The van der Waals surface area contributed by atoms with E-state index in [9.17, 15) is 4.79 Å². The summed E-state index contributed by atoms with van der Waals surface area (Å²) in [6.45, 7) is 1.01. The van der Waals surface area contributed by atoms with Crippen LogP contribution in [-0.4, -0.2) is 29.0 Å². The van der Waals surface area contributed by atoms with Crippen LogP contribution in [-0.2, 0) is 0 Å². The van der Waals surface area contributed by atoms with Gasteiger partial charge in [-0.2, -0.15) is 0 Å². The van der Waals surface area contributed by atoms with Gasteiger partial charge < -0.3 is 16.8 Å². The summed E-state index contributed by atoms with van der Waals surface area (Å²) in [6.07, 6.45) is 1.43.